The molecule has 0 saturated carbocycles. The monoisotopic (exact) mass is 435 g/mol. The van der Waals surface area contributed by atoms with E-state index < -0.39 is 10.0 Å². The van der Waals surface area contributed by atoms with Gasteiger partial charge in [-0.3, -0.25) is 4.79 Å². The number of carbonyl (C=O) groups is 1. The number of rotatable bonds is 9. The van der Waals surface area contributed by atoms with Crippen LogP contribution in [-0.2, 0) is 14.8 Å². The molecule has 2 heterocycles. The summed E-state index contributed by atoms with van der Waals surface area (Å²) in [6.45, 7) is 7.80. The van der Waals surface area contributed by atoms with E-state index in [4.69, 9.17) is 0 Å². The fourth-order valence-corrected chi connectivity index (χ4v) is 6.35. The molecule has 1 aromatic carbocycles. The first kappa shape index (κ1) is 21.9. The summed E-state index contributed by atoms with van der Waals surface area (Å²) in [6.07, 6.45) is 2.95. The van der Waals surface area contributed by atoms with Gasteiger partial charge in [0.15, 0.2) is 0 Å². The van der Waals surface area contributed by atoms with Crippen LogP contribution in [0, 0.1) is 0 Å². The van der Waals surface area contributed by atoms with Crippen molar-refractivity contribution in [3.8, 4) is 0 Å². The van der Waals surface area contributed by atoms with Crippen molar-refractivity contribution in [3.05, 3.63) is 54.4 Å². The zero-order chi connectivity index (χ0) is 20.9. The minimum atomic E-state index is -3.70. The molecule has 1 saturated heterocycles. The van der Waals surface area contributed by atoms with Gasteiger partial charge >= 0.3 is 0 Å². The molecule has 1 atom stereocenters. The van der Waals surface area contributed by atoms with Gasteiger partial charge in [-0.1, -0.05) is 32.0 Å². The van der Waals surface area contributed by atoms with Crippen molar-refractivity contribution in [1.82, 2.24) is 13.8 Å². The van der Waals surface area contributed by atoms with Gasteiger partial charge in [-0.15, -0.1) is 11.8 Å². The van der Waals surface area contributed by atoms with Crippen molar-refractivity contribution in [2.45, 2.75) is 37.0 Å². The van der Waals surface area contributed by atoms with Gasteiger partial charge in [-0.2, -0.15) is 0 Å². The number of carbonyl (C=O) groups excluding carboxylic acids is 1. The zero-order valence-electron chi connectivity index (χ0n) is 17.0. The highest BCUT2D eigenvalue weighted by Crippen LogP contribution is 2.38. The average Bonchev–Trinajstić information content (AvgIpc) is 3.23. The van der Waals surface area contributed by atoms with Crippen LogP contribution >= 0.6 is 11.8 Å². The SMILES string of the molecule is CCN(CC)CCCN1C(=O)CCSC1c1cccn1S(=O)(=O)c1ccccc1. The Bertz CT molecular complexity index is 908. The number of nitrogens with zero attached hydrogens (tertiary/aromatic N) is 3. The maximum atomic E-state index is 13.2. The van der Waals surface area contributed by atoms with Crippen LogP contribution in [-0.4, -0.2) is 60.0 Å². The van der Waals surface area contributed by atoms with Gasteiger partial charge in [0.2, 0.25) is 5.91 Å². The molecule has 1 aliphatic heterocycles. The number of thioether (sulfide) groups is 1. The quantitative estimate of drug-likeness (QED) is 0.604. The van der Waals surface area contributed by atoms with E-state index in [1.807, 2.05) is 11.0 Å². The Morgan fingerprint density at radius 3 is 2.52 bits per heavy atom. The molecule has 0 spiro atoms. The van der Waals surface area contributed by atoms with Crippen LogP contribution in [0.4, 0.5) is 0 Å². The number of benzene rings is 1. The van der Waals surface area contributed by atoms with E-state index in [1.165, 1.54) is 3.97 Å². The van der Waals surface area contributed by atoms with E-state index in [9.17, 15) is 13.2 Å². The lowest BCUT2D eigenvalue weighted by molar-refractivity contribution is -0.132. The molecule has 2 aromatic rings. The topological polar surface area (TPSA) is 62.6 Å². The molecule has 0 radical (unpaired) electrons. The number of hydrogen-bond acceptors (Lipinski definition) is 5. The second-order valence-corrected chi connectivity index (χ2v) is 9.99. The molecule has 1 amide bonds. The molecule has 0 bridgehead atoms. The minimum Gasteiger partial charge on any atom is -0.325 e. The molecular formula is C21H29N3O3S2. The standard InChI is InChI=1S/C21H29N3O3S2/c1-3-22(4-2)14-9-15-23-20(25)13-17-28-21(23)19-12-8-16-24(19)29(26,27)18-10-6-5-7-11-18/h5-8,10-12,16,21H,3-4,9,13-15,17H2,1-2H3. The summed E-state index contributed by atoms with van der Waals surface area (Å²) in [5.41, 5.74) is 0.634. The van der Waals surface area contributed by atoms with Gasteiger partial charge in [0.1, 0.15) is 5.37 Å². The predicted molar refractivity (Wildman–Crippen MR) is 117 cm³/mol. The van der Waals surface area contributed by atoms with Crippen molar-refractivity contribution >= 4 is 27.7 Å². The van der Waals surface area contributed by atoms with E-state index in [2.05, 4.69) is 18.7 Å². The van der Waals surface area contributed by atoms with E-state index in [1.54, 1.807) is 54.4 Å². The molecule has 29 heavy (non-hydrogen) atoms. The summed E-state index contributed by atoms with van der Waals surface area (Å²) in [4.78, 5) is 17.1. The van der Waals surface area contributed by atoms with Gasteiger partial charge in [0.25, 0.3) is 10.0 Å². The summed E-state index contributed by atoms with van der Waals surface area (Å²) in [6, 6.07) is 12.0. The lowest BCUT2D eigenvalue weighted by Crippen LogP contribution is -2.40. The maximum Gasteiger partial charge on any atom is 0.267 e. The molecule has 158 valence electrons. The first-order chi connectivity index (χ1) is 14.0. The molecular weight excluding hydrogens is 406 g/mol. The van der Waals surface area contributed by atoms with Crippen molar-refractivity contribution in [2.24, 2.45) is 0 Å². The second kappa shape index (κ2) is 9.82. The summed E-state index contributed by atoms with van der Waals surface area (Å²) in [7, 11) is -3.70. The third kappa shape index (κ3) is 4.87. The van der Waals surface area contributed by atoms with Gasteiger partial charge in [-0.05, 0) is 50.3 Å². The molecule has 0 N–H and O–H groups in total. The Hall–Kier alpha value is -1.77. The maximum absolute atomic E-state index is 13.2. The summed E-state index contributed by atoms with van der Waals surface area (Å²) < 4.78 is 27.7. The summed E-state index contributed by atoms with van der Waals surface area (Å²) >= 11 is 1.63. The first-order valence-electron chi connectivity index (χ1n) is 10.1. The molecule has 1 aromatic heterocycles. The zero-order valence-corrected chi connectivity index (χ0v) is 18.7. The summed E-state index contributed by atoms with van der Waals surface area (Å²) in [5, 5.41) is -0.290. The van der Waals surface area contributed by atoms with Crippen LogP contribution in [0.2, 0.25) is 0 Å². The van der Waals surface area contributed by atoms with Crippen LogP contribution in [0.3, 0.4) is 0 Å². The van der Waals surface area contributed by atoms with Crippen LogP contribution in [0.5, 0.6) is 0 Å². The fraction of sp³-hybridized carbons (Fsp3) is 0.476. The molecule has 1 fully saturated rings. The highest BCUT2D eigenvalue weighted by Gasteiger charge is 2.33. The Morgan fingerprint density at radius 1 is 1.10 bits per heavy atom. The van der Waals surface area contributed by atoms with Gasteiger partial charge < -0.3 is 9.80 Å². The molecule has 0 aliphatic carbocycles. The largest absolute Gasteiger partial charge is 0.325 e. The second-order valence-electron chi connectivity index (χ2n) is 6.99. The highest BCUT2D eigenvalue weighted by atomic mass is 32.2. The third-order valence-electron chi connectivity index (χ3n) is 5.26. The molecule has 3 rings (SSSR count). The van der Waals surface area contributed by atoms with E-state index in [0.29, 0.717) is 24.4 Å². The normalized spacial score (nSPS) is 17.8. The van der Waals surface area contributed by atoms with E-state index in [-0.39, 0.29) is 16.2 Å². The fourth-order valence-electron chi connectivity index (χ4n) is 3.61. The summed E-state index contributed by atoms with van der Waals surface area (Å²) in [5.74, 6) is 0.797. The van der Waals surface area contributed by atoms with Gasteiger partial charge in [0.05, 0.1) is 10.6 Å². The van der Waals surface area contributed by atoms with Crippen molar-refractivity contribution in [2.75, 3.05) is 31.9 Å². The number of aromatic nitrogens is 1. The Morgan fingerprint density at radius 2 is 1.83 bits per heavy atom. The lowest BCUT2D eigenvalue weighted by atomic mass is 10.2. The number of hydrogen-bond donors (Lipinski definition) is 0. The highest BCUT2D eigenvalue weighted by molar-refractivity contribution is 7.99. The average molecular weight is 436 g/mol. The molecule has 6 nitrogen and oxygen atoms in total. The van der Waals surface area contributed by atoms with Gasteiger partial charge in [0, 0.05) is 24.9 Å². The molecule has 1 aliphatic rings. The van der Waals surface area contributed by atoms with Crippen LogP contribution in [0.15, 0.2) is 53.6 Å². The Balaban J connectivity index is 1.85. The Labute approximate surface area is 177 Å². The van der Waals surface area contributed by atoms with Crippen molar-refractivity contribution in [1.29, 1.82) is 0 Å². The van der Waals surface area contributed by atoms with Crippen LogP contribution < -0.4 is 0 Å². The molecule has 1 unspecified atom stereocenters. The molecule has 8 heteroatoms. The van der Waals surface area contributed by atoms with Gasteiger partial charge in [-0.25, -0.2) is 12.4 Å². The Kier molecular flexibility index (Phi) is 7.43. The van der Waals surface area contributed by atoms with E-state index in [0.717, 1.165) is 26.1 Å². The minimum absolute atomic E-state index is 0.0955. The van der Waals surface area contributed by atoms with Crippen LogP contribution in [0.1, 0.15) is 37.8 Å². The predicted octanol–water partition coefficient (Wildman–Crippen LogP) is 3.42. The third-order valence-corrected chi connectivity index (χ3v) is 8.23. The van der Waals surface area contributed by atoms with Crippen molar-refractivity contribution < 1.29 is 13.2 Å². The smallest absolute Gasteiger partial charge is 0.267 e. The van der Waals surface area contributed by atoms with Crippen molar-refractivity contribution in [3.63, 3.8) is 0 Å². The first-order valence-corrected chi connectivity index (χ1v) is 12.6. The van der Waals surface area contributed by atoms with Crippen LogP contribution in [0.25, 0.3) is 0 Å². The number of amides is 1. The van der Waals surface area contributed by atoms with E-state index >= 15 is 0 Å². The lowest BCUT2D eigenvalue weighted by Gasteiger charge is -2.36.